The lowest BCUT2D eigenvalue weighted by Crippen LogP contribution is -2.19. The van der Waals surface area contributed by atoms with Crippen LogP contribution in [0.1, 0.15) is 23.3 Å². The molecule has 1 heterocycles. The van der Waals surface area contributed by atoms with Crippen LogP contribution in [-0.4, -0.2) is 13.0 Å². The van der Waals surface area contributed by atoms with Gasteiger partial charge >= 0.3 is 0 Å². The van der Waals surface area contributed by atoms with Crippen molar-refractivity contribution in [2.24, 2.45) is 5.73 Å². The van der Waals surface area contributed by atoms with Gasteiger partial charge in [0.15, 0.2) is 0 Å². The molecule has 4 heteroatoms. The van der Waals surface area contributed by atoms with Crippen LogP contribution < -0.4 is 5.73 Å². The minimum atomic E-state index is -2.35. The Morgan fingerprint density at radius 3 is 2.69 bits per heavy atom. The SMILES string of the molecule is CCc1ccsc1C(CN)C(F)F. The van der Waals surface area contributed by atoms with E-state index < -0.39 is 12.3 Å². The number of nitrogens with two attached hydrogens (primary N) is 1. The average molecular weight is 205 g/mol. The summed E-state index contributed by atoms with van der Waals surface area (Å²) in [5.74, 6) is -0.782. The molecule has 1 unspecified atom stereocenters. The predicted molar refractivity (Wildman–Crippen MR) is 51.5 cm³/mol. The first-order chi connectivity index (χ1) is 6.20. The molecule has 1 nitrogen and oxygen atoms in total. The maximum atomic E-state index is 12.5. The van der Waals surface area contributed by atoms with E-state index in [1.54, 1.807) is 0 Å². The molecule has 0 aliphatic rings. The zero-order valence-electron chi connectivity index (χ0n) is 7.47. The van der Waals surface area contributed by atoms with E-state index in [4.69, 9.17) is 5.73 Å². The Labute approximate surface area is 80.6 Å². The number of hydrogen-bond donors (Lipinski definition) is 1. The van der Waals surface area contributed by atoms with E-state index >= 15 is 0 Å². The third-order valence-electron chi connectivity index (χ3n) is 2.06. The van der Waals surface area contributed by atoms with E-state index in [1.165, 1.54) is 11.3 Å². The molecule has 0 aliphatic carbocycles. The largest absolute Gasteiger partial charge is 0.330 e. The number of halogens is 2. The molecule has 0 saturated carbocycles. The lowest BCUT2D eigenvalue weighted by Gasteiger charge is -2.13. The number of thiophene rings is 1. The second kappa shape index (κ2) is 4.67. The first-order valence-electron chi connectivity index (χ1n) is 4.25. The van der Waals surface area contributed by atoms with Crippen molar-refractivity contribution in [2.45, 2.75) is 25.7 Å². The Morgan fingerprint density at radius 1 is 1.54 bits per heavy atom. The van der Waals surface area contributed by atoms with Crippen molar-refractivity contribution in [3.05, 3.63) is 21.9 Å². The smallest absolute Gasteiger partial charge is 0.247 e. The van der Waals surface area contributed by atoms with E-state index in [9.17, 15) is 8.78 Å². The molecule has 1 atom stereocenters. The lowest BCUT2D eigenvalue weighted by atomic mass is 10.0. The summed E-state index contributed by atoms with van der Waals surface area (Å²) < 4.78 is 25.0. The van der Waals surface area contributed by atoms with Gasteiger partial charge in [-0.15, -0.1) is 11.3 Å². The fraction of sp³-hybridized carbons (Fsp3) is 0.556. The van der Waals surface area contributed by atoms with Gasteiger partial charge in [0, 0.05) is 11.4 Å². The van der Waals surface area contributed by atoms with Gasteiger partial charge in [0.25, 0.3) is 0 Å². The Morgan fingerprint density at radius 2 is 2.23 bits per heavy atom. The molecule has 0 amide bonds. The molecular weight excluding hydrogens is 192 g/mol. The molecule has 13 heavy (non-hydrogen) atoms. The van der Waals surface area contributed by atoms with Gasteiger partial charge in [-0.2, -0.15) is 0 Å². The molecule has 2 N–H and O–H groups in total. The van der Waals surface area contributed by atoms with Crippen LogP contribution in [0.15, 0.2) is 11.4 Å². The van der Waals surface area contributed by atoms with Gasteiger partial charge in [-0.25, -0.2) is 8.78 Å². The van der Waals surface area contributed by atoms with Crippen LogP contribution in [0.5, 0.6) is 0 Å². The van der Waals surface area contributed by atoms with Crippen LogP contribution in [0.4, 0.5) is 8.78 Å². The van der Waals surface area contributed by atoms with Crippen molar-refractivity contribution >= 4 is 11.3 Å². The van der Waals surface area contributed by atoms with Gasteiger partial charge in [0.05, 0.1) is 5.92 Å². The van der Waals surface area contributed by atoms with E-state index in [-0.39, 0.29) is 6.54 Å². The molecule has 0 bridgehead atoms. The third kappa shape index (κ3) is 2.25. The minimum Gasteiger partial charge on any atom is -0.330 e. The van der Waals surface area contributed by atoms with E-state index in [0.29, 0.717) is 0 Å². The fourth-order valence-corrected chi connectivity index (χ4v) is 2.41. The Balaban J connectivity index is 2.90. The summed E-state index contributed by atoms with van der Waals surface area (Å²) in [6.07, 6.45) is -1.56. The highest BCUT2D eigenvalue weighted by Gasteiger charge is 2.23. The summed E-state index contributed by atoms with van der Waals surface area (Å²) in [5.41, 5.74) is 6.32. The van der Waals surface area contributed by atoms with Gasteiger partial charge in [0.1, 0.15) is 0 Å². The van der Waals surface area contributed by atoms with Crippen LogP contribution in [0.3, 0.4) is 0 Å². The van der Waals surface area contributed by atoms with Crippen molar-refractivity contribution < 1.29 is 8.78 Å². The number of aryl methyl sites for hydroxylation is 1. The van der Waals surface area contributed by atoms with Gasteiger partial charge in [-0.05, 0) is 23.4 Å². The standard InChI is InChI=1S/C9H13F2NS/c1-2-6-3-4-13-8(6)7(5-12)9(10)11/h3-4,7,9H,2,5,12H2,1H3. The number of hydrogen-bond acceptors (Lipinski definition) is 2. The zero-order valence-corrected chi connectivity index (χ0v) is 8.28. The van der Waals surface area contributed by atoms with Gasteiger partial charge in [-0.3, -0.25) is 0 Å². The third-order valence-corrected chi connectivity index (χ3v) is 3.15. The quantitative estimate of drug-likeness (QED) is 0.803. The molecule has 1 aromatic rings. The van der Waals surface area contributed by atoms with Crippen molar-refractivity contribution in [3.63, 3.8) is 0 Å². The van der Waals surface area contributed by atoms with Gasteiger partial charge in [-0.1, -0.05) is 6.92 Å². The second-order valence-electron chi connectivity index (χ2n) is 2.84. The van der Waals surface area contributed by atoms with Crippen LogP contribution >= 0.6 is 11.3 Å². The average Bonchev–Trinajstić information content (AvgIpc) is 2.53. The normalized spacial score (nSPS) is 13.6. The Bertz CT molecular complexity index is 260. The Hall–Kier alpha value is -0.480. The van der Waals surface area contributed by atoms with Crippen LogP contribution in [0, 0.1) is 0 Å². The molecule has 0 aromatic carbocycles. The van der Waals surface area contributed by atoms with Crippen molar-refractivity contribution in [3.8, 4) is 0 Å². The first kappa shape index (κ1) is 10.6. The molecule has 0 aliphatic heterocycles. The van der Waals surface area contributed by atoms with E-state index in [1.807, 2.05) is 18.4 Å². The summed E-state index contributed by atoms with van der Waals surface area (Å²) in [7, 11) is 0. The van der Waals surface area contributed by atoms with Crippen molar-refractivity contribution in [2.75, 3.05) is 6.54 Å². The zero-order chi connectivity index (χ0) is 9.84. The number of rotatable bonds is 4. The second-order valence-corrected chi connectivity index (χ2v) is 3.79. The predicted octanol–water partition coefficient (Wildman–Crippen LogP) is 2.62. The van der Waals surface area contributed by atoms with Crippen LogP contribution in [-0.2, 0) is 6.42 Å². The molecule has 1 aromatic heterocycles. The maximum absolute atomic E-state index is 12.5. The summed E-state index contributed by atoms with van der Waals surface area (Å²) in [5, 5.41) is 1.85. The minimum absolute atomic E-state index is 0.0190. The van der Waals surface area contributed by atoms with Crippen molar-refractivity contribution in [1.82, 2.24) is 0 Å². The van der Waals surface area contributed by atoms with E-state index in [0.717, 1.165) is 16.9 Å². The van der Waals surface area contributed by atoms with Crippen LogP contribution in [0.25, 0.3) is 0 Å². The molecule has 0 radical (unpaired) electrons. The van der Waals surface area contributed by atoms with Crippen molar-refractivity contribution in [1.29, 1.82) is 0 Å². The summed E-state index contributed by atoms with van der Waals surface area (Å²) in [6, 6.07) is 1.89. The molecule has 0 saturated heterocycles. The maximum Gasteiger partial charge on any atom is 0.247 e. The molecule has 0 fully saturated rings. The fourth-order valence-electron chi connectivity index (χ4n) is 1.29. The highest BCUT2D eigenvalue weighted by molar-refractivity contribution is 7.10. The summed E-state index contributed by atoms with van der Waals surface area (Å²) >= 11 is 1.38. The summed E-state index contributed by atoms with van der Waals surface area (Å²) in [6.45, 7) is 1.98. The van der Waals surface area contributed by atoms with Crippen LogP contribution in [0.2, 0.25) is 0 Å². The topological polar surface area (TPSA) is 26.0 Å². The first-order valence-corrected chi connectivity index (χ1v) is 5.13. The molecular formula is C9H13F2NS. The van der Waals surface area contributed by atoms with Gasteiger partial charge in [0.2, 0.25) is 6.43 Å². The monoisotopic (exact) mass is 205 g/mol. The lowest BCUT2D eigenvalue weighted by molar-refractivity contribution is 0.118. The molecule has 74 valence electrons. The highest BCUT2D eigenvalue weighted by Crippen LogP contribution is 2.30. The highest BCUT2D eigenvalue weighted by atomic mass is 32.1. The summed E-state index contributed by atoms with van der Waals surface area (Å²) in [4.78, 5) is 0.750. The molecule has 0 spiro atoms. The van der Waals surface area contributed by atoms with Gasteiger partial charge < -0.3 is 5.73 Å². The van der Waals surface area contributed by atoms with E-state index in [2.05, 4.69) is 0 Å². The Kier molecular flexibility index (Phi) is 3.81. The number of alkyl halides is 2. The molecule has 1 rings (SSSR count).